The highest BCUT2D eigenvalue weighted by Gasteiger charge is 2.19. The monoisotopic (exact) mass is 294 g/mol. The van der Waals surface area contributed by atoms with Crippen molar-refractivity contribution in [3.63, 3.8) is 0 Å². The summed E-state index contributed by atoms with van der Waals surface area (Å²) in [6.07, 6.45) is 8.02. The van der Waals surface area contributed by atoms with Gasteiger partial charge in [-0.25, -0.2) is 4.99 Å². The average molecular weight is 296 g/mol. The van der Waals surface area contributed by atoms with Gasteiger partial charge in [-0.2, -0.15) is 0 Å². The van der Waals surface area contributed by atoms with Gasteiger partial charge in [0.1, 0.15) is 5.84 Å². The number of hydrogen-bond donors (Lipinski definition) is 0. The van der Waals surface area contributed by atoms with E-state index in [-0.39, 0.29) is 0 Å². The Kier molecular flexibility index (Phi) is 2.37. The van der Waals surface area contributed by atoms with Gasteiger partial charge < -0.3 is 4.90 Å². The second-order valence-electron chi connectivity index (χ2n) is 3.68. The normalized spacial score (nSPS) is 16.9. The molecular weight excluding hydrogens is 288 g/mol. The van der Waals surface area contributed by atoms with Crippen LogP contribution in [0, 0.1) is 0 Å². The number of allylic oxidation sites excluding steroid dienone is 2. The SMILES string of the molecule is Clc1cc(Br)c2c(c1)N=C1C=CC=CN1C2. The largest absolute Gasteiger partial charge is 0.328 e. The highest BCUT2D eigenvalue weighted by molar-refractivity contribution is 9.10. The minimum absolute atomic E-state index is 0.707. The topological polar surface area (TPSA) is 15.6 Å². The Morgan fingerprint density at radius 3 is 3.06 bits per heavy atom. The number of amidine groups is 1. The lowest BCUT2D eigenvalue weighted by Gasteiger charge is -2.28. The number of aliphatic imine (C=N–C) groups is 1. The van der Waals surface area contributed by atoms with E-state index in [9.17, 15) is 0 Å². The van der Waals surface area contributed by atoms with Crippen LogP contribution in [0.25, 0.3) is 0 Å². The Hall–Kier alpha value is -1.06. The molecule has 16 heavy (non-hydrogen) atoms. The fraction of sp³-hybridized carbons (Fsp3) is 0.0833. The van der Waals surface area contributed by atoms with Crippen LogP contribution in [0.4, 0.5) is 5.69 Å². The van der Waals surface area contributed by atoms with Crippen LogP contribution < -0.4 is 0 Å². The molecule has 2 aliphatic rings. The maximum absolute atomic E-state index is 6.01. The quantitative estimate of drug-likeness (QED) is 0.705. The van der Waals surface area contributed by atoms with Crippen molar-refractivity contribution >= 4 is 39.1 Å². The van der Waals surface area contributed by atoms with Gasteiger partial charge in [0.25, 0.3) is 0 Å². The predicted octanol–water partition coefficient (Wildman–Crippen LogP) is 4.03. The summed E-state index contributed by atoms with van der Waals surface area (Å²) in [5.74, 6) is 0.962. The Labute approximate surface area is 107 Å². The van der Waals surface area contributed by atoms with Crippen molar-refractivity contribution in [1.82, 2.24) is 4.90 Å². The molecule has 0 radical (unpaired) electrons. The Bertz CT molecular complexity index is 546. The lowest BCUT2D eigenvalue weighted by Crippen LogP contribution is -2.27. The second kappa shape index (κ2) is 3.75. The smallest absolute Gasteiger partial charge is 0.133 e. The summed E-state index contributed by atoms with van der Waals surface area (Å²) in [6, 6.07) is 3.81. The van der Waals surface area contributed by atoms with Crippen molar-refractivity contribution < 1.29 is 0 Å². The van der Waals surface area contributed by atoms with Crippen LogP contribution in [0.1, 0.15) is 5.56 Å². The van der Waals surface area contributed by atoms with E-state index >= 15 is 0 Å². The van der Waals surface area contributed by atoms with Crippen molar-refractivity contribution in [2.45, 2.75) is 6.54 Å². The van der Waals surface area contributed by atoms with Gasteiger partial charge in [-0.1, -0.05) is 33.6 Å². The van der Waals surface area contributed by atoms with Gasteiger partial charge in [-0.15, -0.1) is 0 Å². The summed E-state index contributed by atoms with van der Waals surface area (Å²) < 4.78 is 1.01. The third-order valence-electron chi connectivity index (χ3n) is 2.62. The lowest BCUT2D eigenvalue weighted by molar-refractivity contribution is 0.543. The Morgan fingerprint density at radius 2 is 2.19 bits per heavy atom. The van der Waals surface area contributed by atoms with Crippen LogP contribution in [-0.2, 0) is 6.54 Å². The van der Waals surface area contributed by atoms with E-state index in [1.807, 2.05) is 36.6 Å². The first-order valence-electron chi connectivity index (χ1n) is 4.92. The summed E-state index contributed by atoms with van der Waals surface area (Å²) in [5, 5.41) is 0.707. The van der Waals surface area contributed by atoms with Crippen LogP contribution in [0.3, 0.4) is 0 Å². The zero-order valence-electron chi connectivity index (χ0n) is 8.32. The van der Waals surface area contributed by atoms with Crippen LogP contribution in [0.2, 0.25) is 5.02 Å². The van der Waals surface area contributed by atoms with Gasteiger partial charge in [-0.05, 0) is 24.3 Å². The van der Waals surface area contributed by atoms with Crippen LogP contribution in [-0.4, -0.2) is 10.7 Å². The molecule has 0 N–H and O–H groups in total. The number of halogens is 2. The van der Waals surface area contributed by atoms with Crippen LogP contribution >= 0.6 is 27.5 Å². The molecule has 0 spiro atoms. The summed E-state index contributed by atoms with van der Waals surface area (Å²) in [4.78, 5) is 6.69. The van der Waals surface area contributed by atoms with Crippen molar-refractivity contribution in [1.29, 1.82) is 0 Å². The molecule has 0 bridgehead atoms. The Morgan fingerprint density at radius 1 is 1.31 bits per heavy atom. The molecular formula is C12H8BrClN2. The first-order chi connectivity index (χ1) is 7.74. The van der Waals surface area contributed by atoms with E-state index in [0.29, 0.717) is 5.02 Å². The van der Waals surface area contributed by atoms with E-state index < -0.39 is 0 Å². The average Bonchev–Trinajstić information content (AvgIpc) is 2.27. The molecule has 0 amide bonds. The van der Waals surface area contributed by atoms with E-state index in [0.717, 1.165) is 22.5 Å². The fourth-order valence-corrected chi connectivity index (χ4v) is 2.76. The van der Waals surface area contributed by atoms with Crippen molar-refractivity contribution in [3.05, 3.63) is 51.6 Å². The number of hydrogen-bond acceptors (Lipinski definition) is 2. The molecule has 2 nitrogen and oxygen atoms in total. The molecule has 3 rings (SSSR count). The molecule has 0 unspecified atom stereocenters. The first-order valence-corrected chi connectivity index (χ1v) is 6.09. The minimum atomic E-state index is 0.707. The molecule has 0 atom stereocenters. The van der Waals surface area contributed by atoms with E-state index in [2.05, 4.69) is 25.8 Å². The van der Waals surface area contributed by atoms with E-state index in [4.69, 9.17) is 11.6 Å². The summed E-state index contributed by atoms with van der Waals surface area (Å²) in [7, 11) is 0. The molecule has 1 aromatic rings. The molecule has 0 aliphatic carbocycles. The molecule has 0 fully saturated rings. The number of fused-ring (bicyclic) bond motifs is 2. The van der Waals surface area contributed by atoms with Gasteiger partial charge >= 0.3 is 0 Å². The third kappa shape index (κ3) is 1.60. The summed E-state index contributed by atoms with van der Waals surface area (Å²) in [5.41, 5.74) is 2.12. The standard InChI is InChI=1S/C12H8BrClN2/c13-10-5-8(14)6-11-9(10)7-16-4-2-1-3-12(16)15-11/h1-6H,7H2. The highest BCUT2D eigenvalue weighted by Crippen LogP contribution is 2.35. The second-order valence-corrected chi connectivity index (χ2v) is 4.97. The lowest BCUT2D eigenvalue weighted by atomic mass is 10.1. The fourth-order valence-electron chi connectivity index (χ4n) is 1.84. The van der Waals surface area contributed by atoms with Gasteiger partial charge in [0.15, 0.2) is 0 Å². The van der Waals surface area contributed by atoms with Crippen molar-refractivity contribution in [2.24, 2.45) is 4.99 Å². The number of benzene rings is 1. The molecule has 80 valence electrons. The Balaban J connectivity index is 2.17. The zero-order valence-corrected chi connectivity index (χ0v) is 10.7. The van der Waals surface area contributed by atoms with Crippen LogP contribution in [0.15, 0.2) is 46.0 Å². The molecule has 2 aliphatic heterocycles. The molecule has 4 heteroatoms. The van der Waals surface area contributed by atoms with Gasteiger partial charge in [0.05, 0.1) is 12.2 Å². The maximum atomic E-state index is 6.01. The molecule has 0 saturated carbocycles. The van der Waals surface area contributed by atoms with Gasteiger partial charge in [0, 0.05) is 21.3 Å². The van der Waals surface area contributed by atoms with Crippen molar-refractivity contribution in [2.75, 3.05) is 0 Å². The zero-order chi connectivity index (χ0) is 11.1. The molecule has 0 aromatic heterocycles. The number of nitrogens with zero attached hydrogens (tertiary/aromatic N) is 2. The molecule has 1 aromatic carbocycles. The molecule has 0 saturated heterocycles. The minimum Gasteiger partial charge on any atom is -0.328 e. The summed E-state index contributed by atoms with van der Waals surface area (Å²) >= 11 is 9.54. The number of rotatable bonds is 0. The summed E-state index contributed by atoms with van der Waals surface area (Å²) in [6.45, 7) is 0.826. The van der Waals surface area contributed by atoms with Gasteiger partial charge in [-0.3, -0.25) is 0 Å². The molecule has 2 heterocycles. The highest BCUT2D eigenvalue weighted by atomic mass is 79.9. The first kappa shape index (κ1) is 10.1. The van der Waals surface area contributed by atoms with E-state index in [1.54, 1.807) is 0 Å². The van der Waals surface area contributed by atoms with Crippen LogP contribution in [0.5, 0.6) is 0 Å². The maximum Gasteiger partial charge on any atom is 0.133 e. The third-order valence-corrected chi connectivity index (χ3v) is 3.54. The van der Waals surface area contributed by atoms with E-state index in [1.165, 1.54) is 5.56 Å². The van der Waals surface area contributed by atoms with Gasteiger partial charge in [0.2, 0.25) is 0 Å². The predicted molar refractivity (Wildman–Crippen MR) is 70.1 cm³/mol. The van der Waals surface area contributed by atoms with Crippen molar-refractivity contribution in [3.8, 4) is 0 Å².